The smallest absolute Gasteiger partial charge is 0.319 e. The van der Waals surface area contributed by atoms with E-state index in [1.54, 1.807) is 30.3 Å². The van der Waals surface area contributed by atoms with E-state index in [0.29, 0.717) is 42.8 Å². The van der Waals surface area contributed by atoms with Gasteiger partial charge >= 0.3 is 6.03 Å². The molecule has 1 aromatic carbocycles. The third-order valence-electron chi connectivity index (χ3n) is 4.66. The number of carbonyl (C=O) groups is 1. The highest BCUT2D eigenvalue weighted by molar-refractivity contribution is 7.89. The van der Waals surface area contributed by atoms with Crippen LogP contribution in [0.5, 0.6) is 0 Å². The van der Waals surface area contributed by atoms with Gasteiger partial charge in [0, 0.05) is 36.2 Å². The first-order chi connectivity index (χ1) is 14.6. The molecule has 10 heteroatoms. The quantitative estimate of drug-likeness (QED) is 0.699. The van der Waals surface area contributed by atoms with Crippen molar-refractivity contribution in [1.82, 2.24) is 15.3 Å². The van der Waals surface area contributed by atoms with Crippen LogP contribution in [0.1, 0.15) is 26.5 Å². The van der Waals surface area contributed by atoms with Crippen molar-refractivity contribution in [3.05, 3.63) is 36.0 Å². The van der Waals surface area contributed by atoms with E-state index in [4.69, 9.17) is 9.72 Å². The van der Waals surface area contributed by atoms with Gasteiger partial charge in [-0.15, -0.1) is 0 Å². The lowest BCUT2D eigenvalue weighted by Gasteiger charge is -2.34. The molecular weight excluding hydrogens is 418 g/mol. The fraction of sp³-hybridized carbons (Fsp3) is 0.476. The van der Waals surface area contributed by atoms with Crippen LogP contribution >= 0.6 is 0 Å². The minimum absolute atomic E-state index is 0.0336. The van der Waals surface area contributed by atoms with Crippen LogP contribution in [0.3, 0.4) is 0 Å². The van der Waals surface area contributed by atoms with Crippen LogP contribution in [0.15, 0.2) is 30.3 Å². The van der Waals surface area contributed by atoms with E-state index in [2.05, 4.69) is 20.5 Å². The minimum Gasteiger partial charge on any atom is -0.377 e. The van der Waals surface area contributed by atoms with Crippen molar-refractivity contribution in [1.29, 1.82) is 0 Å². The average molecular weight is 448 g/mol. The second-order valence-corrected chi connectivity index (χ2v) is 10.2. The number of morpholine rings is 1. The van der Waals surface area contributed by atoms with E-state index in [0.717, 1.165) is 5.56 Å². The molecule has 9 nitrogen and oxygen atoms in total. The predicted octanol–water partition coefficient (Wildman–Crippen LogP) is 2.44. The monoisotopic (exact) mass is 447 g/mol. The van der Waals surface area contributed by atoms with Gasteiger partial charge < -0.3 is 20.3 Å². The maximum Gasteiger partial charge on any atom is 0.319 e. The maximum atomic E-state index is 11.9. The fourth-order valence-corrected chi connectivity index (χ4v) is 3.99. The molecule has 0 aliphatic carbocycles. The van der Waals surface area contributed by atoms with Gasteiger partial charge in [-0.25, -0.2) is 23.2 Å². The molecule has 0 bridgehead atoms. The number of hydrogen-bond acceptors (Lipinski definition) is 7. The van der Waals surface area contributed by atoms with E-state index in [9.17, 15) is 13.2 Å². The predicted molar refractivity (Wildman–Crippen MR) is 121 cm³/mol. The average Bonchev–Trinajstić information content (AvgIpc) is 2.66. The van der Waals surface area contributed by atoms with Crippen LogP contribution in [-0.4, -0.2) is 62.5 Å². The Kier molecular flexibility index (Phi) is 7.11. The first kappa shape index (κ1) is 23.0. The van der Waals surface area contributed by atoms with E-state index in [-0.39, 0.29) is 23.9 Å². The summed E-state index contributed by atoms with van der Waals surface area (Å²) in [6.07, 6.45) is 1.19. The number of carbonyl (C=O) groups excluding carboxylic acids is 1. The first-order valence-corrected chi connectivity index (χ1v) is 12.2. The Labute approximate surface area is 183 Å². The van der Waals surface area contributed by atoms with Gasteiger partial charge in [-0.1, -0.05) is 0 Å². The minimum atomic E-state index is -3.26. The van der Waals surface area contributed by atoms with E-state index in [1.165, 1.54) is 6.26 Å². The number of aromatic nitrogens is 2. The number of amides is 2. The number of benzene rings is 1. The fourth-order valence-electron chi connectivity index (χ4n) is 3.30. The third-order valence-corrected chi connectivity index (χ3v) is 5.48. The number of rotatable bonds is 6. The van der Waals surface area contributed by atoms with Crippen LogP contribution in [0.4, 0.5) is 16.3 Å². The second kappa shape index (κ2) is 9.61. The number of nitrogens with zero attached hydrogens (tertiary/aromatic N) is 3. The molecule has 168 valence electrons. The summed E-state index contributed by atoms with van der Waals surface area (Å²) in [7, 11) is -3.26. The Morgan fingerprint density at radius 1 is 1.26 bits per heavy atom. The Balaban J connectivity index is 1.91. The zero-order valence-electron chi connectivity index (χ0n) is 18.3. The van der Waals surface area contributed by atoms with Gasteiger partial charge in [0.1, 0.15) is 5.82 Å². The summed E-state index contributed by atoms with van der Waals surface area (Å²) in [6, 6.07) is 8.74. The molecule has 1 aromatic heterocycles. The lowest BCUT2D eigenvalue weighted by atomic mass is 10.2. The van der Waals surface area contributed by atoms with Gasteiger partial charge in [0.05, 0.1) is 30.7 Å². The summed E-state index contributed by atoms with van der Waals surface area (Å²) in [5.74, 6) is 0.953. The zero-order valence-corrected chi connectivity index (χ0v) is 19.1. The number of nitrogens with one attached hydrogen (secondary N) is 2. The molecule has 1 saturated heterocycles. The summed E-state index contributed by atoms with van der Waals surface area (Å²) in [5.41, 5.74) is 1.81. The van der Waals surface area contributed by atoms with Crippen molar-refractivity contribution >= 4 is 27.4 Å². The van der Waals surface area contributed by atoms with Crippen molar-refractivity contribution in [2.24, 2.45) is 0 Å². The Bertz CT molecular complexity index is 1020. The van der Waals surface area contributed by atoms with Gasteiger partial charge in [0.25, 0.3) is 0 Å². The number of ether oxygens (including phenoxy) is 1. The zero-order chi connectivity index (χ0) is 22.6. The van der Waals surface area contributed by atoms with E-state index < -0.39 is 9.84 Å². The van der Waals surface area contributed by atoms with E-state index in [1.807, 2.05) is 20.8 Å². The molecule has 1 atom stereocenters. The summed E-state index contributed by atoms with van der Waals surface area (Å²) in [6.45, 7) is 7.65. The van der Waals surface area contributed by atoms with Crippen LogP contribution in [-0.2, 0) is 20.3 Å². The number of anilines is 2. The molecule has 0 unspecified atom stereocenters. The highest BCUT2D eigenvalue weighted by Crippen LogP contribution is 2.25. The van der Waals surface area contributed by atoms with Gasteiger partial charge in [-0.3, -0.25) is 0 Å². The van der Waals surface area contributed by atoms with E-state index >= 15 is 0 Å². The maximum absolute atomic E-state index is 11.9. The Morgan fingerprint density at radius 2 is 1.97 bits per heavy atom. The Morgan fingerprint density at radius 3 is 2.58 bits per heavy atom. The van der Waals surface area contributed by atoms with Gasteiger partial charge in [0.15, 0.2) is 15.7 Å². The summed E-state index contributed by atoms with van der Waals surface area (Å²) in [5, 5.41) is 5.54. The Hall–Kier alpha value is -2.72. The van der Waals surface area contributed by atoms with Crippen LogP contribution in [0.25, 0.3) is 11.4 Å². The normalized spacial score (nSPS) is 16.9. The van der Waals surface area contributed by atoms with Gasteiger partial charge in [0.2, 0.25) is 0 Å². The molecule has 1 aliphatic rings. The second-order valence-electron chi connectivity index (χ2n) is 8.06. The molecule has 2 N–H and O–H groups in total. The van der Waals surface area contributed by atoms with Crippen molar-refractivity contribution in [3.63, 3.8) is 0 Å². The molecule has 2 amide bonds. The van der Waals surface area contributed by atoms with Gasteiger partial charge in [-0.05, 0) is 45.0 Å². The highest BCUT2D eigenvalue weighted by atomic mass is 32.2. The highest BCUT2D eigenvalue weighted by Gasteiger charge is 2.22. The van der Waals surface area contributed by atoms with Crippen LogP contribution in [0.2, 0.25) is 0 Å². The first-order valence-electron chi connectivity index (χ1n) is 10.2. The van der Waals surface area contributed by atoms with Crippen molar-refractivity contribution in [2.75, 3.05) is 36.2 Å². The standard InChI is InChI=1S/C21H29N5O4S/c1-14(2)22-21(27)24-17-7-5-16(6-8-17)20-23-18(13-31(4,28)29)11-19(25-20)26-9-10-30-12-15(26)3/h5-8,11,14-15H,9-10,12-13H2,1-4H3,(H2,22,24,27)/t15-/m0/s1. The van der Waals surface area contributed by atoms with Crippen LogP contribution < -0.4 is 15.5 Å². The van der Waals surface area contributed by atoms with Crippen molar-refractivity contribution in [2.45, 2.75) is 38.6 Å². The largest absolute Gasteiger partial charge is 0.377 e. The molecule has 31 heavy (non-hydrogen) atoms. The van der Waals surface area contributed by atoms with Crippen molar-refractivity contribution in [3.8, 4) is 11.4 Å². The molecule has 1 fully saturated rings. The molecule has 0 saturated carbocycles. The molecule has 2 heterocycles. The summed E-state index contributed by atoms with van der Waals surface area (Å²) in [4.78, 5) is 23.2. The summed E-state index contributed by atoms with van der Waals surface area (Å²) >= 11 is 0. The molecule has 2 aromatic rings. The van der Waals surface area contributed by atoms with Gasteiger partial charge in [-0.2, -0.15) is 0 Å². The lowest BCUT2D eigenvalue weighted by Crippen LogP contribution is -2.44. The third kappa shape index (κ3) is 6.63. The SMILES string of the molecule is CC(C)NC(=O)Nc1ccc(-c2nc(CS(C)(=O)=O)cc(N3CCOC[C@@H]3C)n2)cc1. The topological polar surface area (TPSA) is 114 Å². The number of hydrogen-bond donors (Lipinski definition) is 2. The summed E-state index contributed by atoms with van der Waals surface area (Å²) < 4.78 is 29.3. The molecule has 3 rings (SSSR count). The molecule has 0 spiro atoms. The molecule has 0 radical (unpaired) electrons. The number of sulfone groups is 1. The lowest BCUT2D eigenvalue weighted by molar-refractivity contribution is 0.0985. The van der Waals surface area contributed by atoms with Crippen LogP contribution in [0, 0.1) is 0 Å². The molecule has 1 aliphatic heterocycles. The van der Waals surface area contributed by atoms with Crippen molar-refractivity contribution < 1.29 is 17.9 Å². The number of urea groups is 1. The molecular formula is C21H29N5O4S.